The second-order valence-electron chi connectivity index (χ2n) is 10.9. The highest BCUT2D eigenvalue weighted by Crippen LogP contribution is 2.30. The number of fused-ring (bicyclic) bond motifs is 1. The number of ether oxygens (including phenoxy) is 4. The third-order valence-electron chi connectivity index (χ3n) is 7.50. The summed E-state index contributed by atoms with van der Waals surface area (Å²) in [6.45, 7) is 13.1. The number of aliphatic hydroxyl groups excluding tert-OH is 2. The lowest BCUT2D eigenvalue weighted by molar-refractivity contribution is -0.00118. The number of hydrogen-bond acceptors (Lipinski definition) is 6. The Labute approximate surface area is 237 Å². The molecule has 4 atom stereocenters. The molecule has 0 saturated carbocycles. The van der Waals surface area contributed by atoms with Crippen LogP contribution in [0.3, 0.4) is 0 Å². The largest absolute Gasteiger partial charge is 0.491 e. The van der Waals surface area contributed by atoms with Crippen LogP contribution >= 0.6 is 0 Å². The predicted molar refractivity (Wildman–Crippen MR) is 160 cm³/mol. The molecule has 0 bridgehead atoms. The molecule has 6 heteroatoms. The molecule has 0 radical (unpaired) electrons. The summed E-state index contributed by atoms with van der Waals surface area (Å²) < 4.78 is 23.3. The first-order valence-electron chi connectivity index (χ1n) is 15.2. The maximum Gasteiger partial charge on any atom is 0.122 e. The van der Waals surface area contributed by atoms with Gasteiger partial charge in [-0.2, -0.15) is 0 Å². The van der Waals surface area contributed by atoms with Crippen LogP contribution in [0.2, 0.25) is 0 Å². The molecular weight excluding hydrogens is 492 g/mol. The van der Waals surface area contributed by atoms with E-state index in [0.717, 1.165) is 34.9 Å². The monoisotopic (exact) mass is 546 g/mol. The summed E-state index contributed by atoms with van der Waals surface area (Å²) in [6.07, 6.45) is 8.06. The fraction of sp³-hybridized carbons (Fsp3) is 0.697. The van der Waals surface area contributed by atoms with Crippen molar-refractivity contribution in [3.8, 4) is 11.5 Å². The highest BCUT2D eigenvalue weighted by molar-refractivity contribution is 5.88. The van der Waals surface area contributed by atoms with Gasteiger partial charge in [-0.05, 0) is 66.1 Å². The van der Waals surface area contributed by atoms with E-state index in [9.17, 15) is 10.2 Å². The van der Waals surface area contributed by atoms with E-state index in [1.54, 1.807) is 0 Å². The third kappa shape index (κ3) is 12.5. The third-order valence-corrected chi connectivity index (χ3v) is 7.50. The maximum absolute atomic E-state index is 10.3. The molecule has 39 heavy (non-hydrogen) atoms. The molecule has 0 aliphatic rings. The second-order valence-corrected chi connectivity index (χ2v) is 10.9. The minimum atomic E-state index is -0.667. The quantitative estimate of drug-likeness (QED) is 0.164. The molecule has 0 fully saturated rings. The second kappa shape index (κ2) is 19.3. The van der Waals surface area contributed by atoms with E-state index in [-0.39, 0.29) is 26.4 Å². The molecule has 0 spiro atoms. The van der Waals surface area contributed by atoms with Crippen LogP contribution in [0.25, 0.3) is 10.8 Å². The van der Waals surface area contributed by atoms with Gasteiger partial charge < -0.3 is 29.2 Å². The molecular formula is C33H54O6. The summed E-state index contributed by atoms with van der Waals surface area (Å²) in [5.41, 5.74) is 1.01. The van der Waals surface area contributed by atoms with Gasteiger partial charge in [0.2, 0.25) is 0 Å². The molecule has 222 valence electrons. The molecule has 0 heterocycles. The van der Waals surface area contributed by atoms with Gasteiger partial charge in [0.05, 0.1) is 13.2 Å². The molecule has 0 aliphatic carbocycles. The van der Waals surface area contributed by atoms with Crippen LogP contribution in [-0.4, -0.2) is 62.1 Å². The van der Waals surface area contributed by atoms with Crippen LogP contribution in [-0.2, 0) is 9.47 Å². The van der Waals surface area contributed by atoms with Gasteiger partial charge in [-0.3, -0.25) is 0 Å². The Morgan fingerprint density at radius 1 is 0.667 bits per heavy atom. The summed E-state index contributed by atoms with van der Waals surface area (Å²) in [5.74, 6) is 2.57. The van der Waals surface area contributed by atoms with Crippen molar-refractivity contribution in [2.75, 3.05) is 39.6 Å². The van der Waals surface area contributed by atoms with Crippen LogP contribution in [0.15, 0.2) is 30.3 Å². The van der Waals surface area contributed by atoms with Crippen LogP contribution in [0, 0.1) is 18.8 Å². The summed E-state index contributed by atoms with van der Waals surface area (Å²) in [6, 6.07) is 9.82. The summed E-state index contributed by atoms with van der Waals surface area (Å²) in [5, 5.41) is 22.7. The van der Waals surface area contributed by atoms with Gasteiger partial charge in [0, 0.05) is 13.2 Å². The van der Waals surface area contributed by atoms with E-state index in [4.69, 9.17) is 18.9 Å². The van der Waals surface area contributed by atoms with Crippen molar-refractivity contribution in [2.45, 2.75) is 98.2 Å². The first kappa shape index (κ1) is 33.3. The van der Waals surface area contributed by atoms with Crippen molar-refractivity contribution in [1.82, 2.24) is 0 Å². The van der Waals surface area contributed by atoms with Crippen molar-refractivity contribution in [3.05, 3.63) is 35.9 Å². The highest BCUT2D eigenvalue weighted by Gasteiger charge is 2.13. The minimum absolute atomic E-state index is 0.189. The first-order valence-corrected chi connectivity index (χ1v) is 15.2. The number of aryl methyl sites for hydroxylation is 1. The van der Waals surface area contributed by atoms with Gasteiger partial charge >= 0.3 is 0 Å². The predicted octanol–water partition coefficient (Wildman–Crippen LogP) is 7.09. The van der Waals surface area contributed by atoms with Gasteiger partial charge in [0.1, 0.15) is 36.9 Å². The van der Waals surface area contributed by atoms with Crippen LogP contribution in [0.1, 0.15) is 84.6 Å². The molecule has 0 aromatic heterocycles. The fourth-order valence-corrected chi connectivity index (χ4v) is 4.70. The van der Waals surface area contributed by atoms with E-state index in [2.05, 4.69) is 27.7 Å². The molecule has 2 N–H and O–H groups in total. The number of hydrogen-bond donors (Lipinski definition) is 2. The normalized spacial score (nSPS) is 14.7. The minimum Gasteiger partial charge on any atom is -0.491 e. The van der Waals surface area contributed by atoms with Crippen LogP contribution in [0.5, 0.6) is 11.5 Å². The van der Waals surface area contributed by atoms with Crippen molar-refractivity contribution < 1.29 is 29.2 Å². The molecule has 2 aromatic rings. The van der Waals surface area contributed by atoms with Gasteiger partial charge in [-0.15, -0.1) is 0 Å². The van der Waals surface area contributed by atoms with Gasteiger partial charge in [0.15, 0.2) is 0 Å². The fourth-order valence-electron chi connectivity index (χ4n) is 4.70. The van der Waals surface area contributed by atoms with Crippen molar-refractivity contribution in [3.63, 3.8) is 0 Å². The number of unbranched alkanes of at least 4 members (excludes halogenated alkanes) is 2. The van der Waals surface area contributed by atoms with E-state index in [1.165, 1.54) is 38.5 Å². The molecule has 6 nitrogen and oxygen atoms in total. The lowest BCUT2D eigenvalue weighted by atomic mass is 10.0. The van der Waals surface area contributed by atoms with Crippen LogP contribution < -0.4 is 9.47 Å². The van der Waals surface area contributed by atoms with E-state index in [1.807, 2.05) is 37.3 Å². The zero-order valence-electron chi connectivity index (χ0n) is 25.1. The molecule has 4 unspecified atom stereocenters. The number of aliphatic hydroxyl groups is 2. The molecule has 2 aromatic carbocycles. The Balaban J connectivity index is 1.79. The Hall–Kier alpha value is -1.86. The average Bonchev–Trinajstić information content (AvgIpc) is 2.95. The maximum atomic E-state index is 10.3. The van der Waals surface area contributed by atoms with E-state index >= 15 is 0 Å². The van der Waals surface area contributed by atoms with Crippen LogP contribution in [0.4, 0.5) is 0 Å². The Morgan fingerprint density at radius 2 is 1.23 bits per heavy atom. The Kier molecular flexibility index (Phi) is 16.5. The zero-order valence-corrected chi connectivity index (χ0v) is 25.1. The standard InChI is InChI=1S/C33H54O6/c1-6-10-12-26(8-3)19-36-21-29(34)23-38-31-15-16-32-25(5)33(17-14-28(32)18-31)39-24-30(35)22-37-20-27(9-4)13-11-7-2/h14-18,26-27,29-30,34-35H,6-13,19-24H2,1-5H3. The van der Waals surface area contributed by atoms with Gasteiger partial charge in [0.25, 0.3) is 0 Å². The van der Waals surface area contributed by atoms with Crippen molar-refractivity contribution in [1.29, 1.82) is 0 Å². The van der Waals surface area contributed by atoms with E-state index < -0.39 is 12.2 Å². The highest BCUT2D eigenvalue weighted by atomic mass is 16.5. The SMILES string of the molecule is CCCCC(CC)COCC(O)COc1ccc2c(C)c(OCC(O)COCC(CC)CCCC)ccc2c1. The number of rotatable bonds is 22. The smallest absolute Gasteiger partial charge is 0.122 e. The Morgan fingerprint density at radius 3 is 1.77 bits per heavy atom. The lowest BCUT2D eigenvalue weighted by Crippen LogP contribution is -2.25. The molecule has 0 amide bonds. The zero-order chi connectivity index (χ0) is 28.5. The number of benzene rings is 2. The average molecular weight is 547 g/mol. The van der Waals surface area contributed by atoms with Gasteiger partial charge in [-0.1, -0.05) is 78.4 Å². The molecule has 0 aliphatic heterocycles. The van der Waals surface area contributed by atoms with E-state index in [0.29, 0.717) is 30.8 Å². The van der Waals surface area contributed by atoms with Crippen molar-refractivity contribution in [2.24, 2.45) is 11.8 Å². The molecule has 2 rings (SSSR count). The topological polar surface area (TPSA) is 77.4 Å². The Bertz CT molecular complexity index is 916. The summed E-state index contributed by atoms with van der Waals surface area (Å²) in [7, 11) is 0. The lowest BCUT2D eigenvalue weighted by Gasteiger charge is -2.18. The summed E-state index contributed by atoms with van der Waals surface area (Å²) in [4.78, 5) is 0. The van der Waals surface area contributed by atoms with Gasteiger partial charge in [-0.25, -0.2) is 0 Å². The first-order chi connectivity index (χ1) is 18.9. The molecule has 0 saturated heterocycles. The van der Waals surface area contributed by atoms with Crippen molar-refractivity contribution >= 4 is 10.8 Å². The summed E-state index contributed by atoms with van der Waals surface area (Å²) >= 11 is 0.